The number of hydrogen-bond donors (Lipinski definition) is 2. The van der Waals surface area contributed by atoms with Crippen LogP contribution >= 0.6 is 15.9 Å². The number of carbonyl (C=O) groups excluding carboxylic acids is 1. The molecule has 5 rings (SSSR count). The summed E-state index contributed by atoms with van der Waals surface area (Å²) < 4.78 is 3.27. The topological polar surface area (TPSA) is 71.3 Å². The smallest absolute Gasteiger partial charge is 0.314 e. The van der Waals surface area contributed by atoms with Gasteiger partial charge in [-0.15, -0.1) is 0 Å². The summed E-state index contributed by atoms with van der Waals surface area (Å²) in [6.45, 7) is 6.86. The van der Waals surface area contributed by atoms with Crippen LogP contribution in [-0.4, -0.2) is 21.6 Å². The molecule has 2 N–H and O–H groups in total. The van der Waals surface area contributed by atoms with Gasteiger partial charge in [0.25, 0.3) is 5.91 Å². The number of benzene rings is 3. The largest absolute Gasteiger partial charge is 0.481 e. The zero-order valence-corrected chi connectivity index (χ0v) is 22.2. The number of amides is 1. The number of aliphatic carboxylic acids is 1. The van der Waals surface area contributed by atoms with Crippen LogP contribution in [0.15, 0.2) is 71.2 Å². The molecule has 0 spiro atoms. The molecule has 1 aliphatic carbocycles. The number of aryl methyl sites for hydroxylation is 1. The van der Waals surface area contributed by atoms with Crippen LogP contribution < -0.4 is 5.32 Å². The highest BCUT2D eigenvalue weighted by Crippen LogP contribution is 2.48. The molecule has 6 heteroatoms. The van der Waals surface area contributed by atoms with Crippen LogP contribution in [-0.2, 0) is 16.8 Å². The van der Waals surface area contributed by atoms with Gasteiger partial charge >= 0.3 is 5.97 Å². The molecular weight excluding hydrogens is 516 g/mol. The van der Waals surface area contributed by atoms with E-state index in [-0.39, 0.29) is 11.9 Å². The lowest BCUT2D eigenvalue weighted by molar-refractivity contribution is -0.140. The number of carbonyl (C=O) groups is 2. The molecule has 1 atom stereocenters. The van der Waals surface area contributed by atoms with Gasteiger partial charge in [-0.05, 0) is 86.2 Å². The first kappa shape index (κ1) is 24.3. The van der Waals surface area contributed by atoms with Crippen LogP contribution in [0, 0.1) is 13.8 Å². The van der Waals surface area contributed by atoms with E-state index in [0.29, 0.717) is 24.9 Å². The number of carboxylic acids is 1. The Labute approximate surface area is 219 Å². The maximum atomic E-state index is 13.0. The molecule has 0 unspecified atom stereocenters. The van der Waals surface area contributed by atoms with E-state index in [4.69, 9.17) is 0 Å². The minimum absolute atomic E-state index is 0.0971. The third-order valence-electron chi connectivity index (χ3n) is 7.63. The van der Waals surface area contributed by atoms with E-state index < -0.39 is 11.4 Å². The summed E-state index contributed by atoms with van der Waals surface area (Å²) in [5, 5.41) is 13.7. The SMILES string of the molecule is Cc1c(C)n(Cc2ccc(C3(C(=O)O)CC3)cc2)c2ccc(C(=O)N[C@@H](C)c3ccc(Br)cc3)cc12. The average Bonchev–Trinajstić information content (AvgIpc) is 3.65. The number of halogens is 1. The normalized spacial score (nSPS) is 15.0. The van der Waals surface area contributed by atoms with Gasteiger partial charge in [-0.2, -0.15) is 0 Å². The Bertz CT molecular complexity index is 1470. The van der Waals surface area contributed by atoms with Crippen molar-refractivity contribution < 1.29 is 14.7 Å². The van der Waals surface area contributed by atoms with E-state index in [0.717, 1.165) is 43.3 Å². The van der Waals surface area contributed by atoms with Crippen LogP contribution in [0.5, 0.6) is 0 Å². The molecule has 1 aliphatic rings. The molecule has 0 bridgehead atoms. The van der Waals surface area contributed by atoms with E-state index in [1.165, 1.54) is 0 Å². The fourth-order valence-electron chi connectivity index (χ4n) is 4.97. The molecular formula is C30H29BrN2O3. The van der Waals surface area contributed by atoms with E-state index in [2.05, 4.69) is 39.7 Å². The first-order valence-corrected chi connectivity index (χ1v) is 13.0. The summed E-state index contributed by atoms with van der Waals surface area (Å²) in [6.07, 6.45) is 1.42. The van der Waals surface area contributed by atoms with Crippen LogP contribution in [0.4, 0.5) is 0 Å². The van der Waals surface area contributed by atoms with Gasteiger partial charge in [-0.1, -0.05) is 52.3 Å². The lowest BCUT2D eigenvalue weighted by Crippen LogP contribution is -2.26. The molecule has 0 aliphatic heterocycles. The fraction of sp³-hybridized carbons (Fsp3) is 0.267. The lowest BCUT2D eigenvalue weighted by atomic mass is 9.95. The molecule has 5 nitrogen and oxygen atoms in total. The Balaban J connectivity index is 1.37. The molecule has 1 aromatic heterocycles. The number of hydrogen-bond acceptors (Lipinski definition) is 2. The van der Waals surface area contributed by atoms with Gasteiger partial charge in [-0.3, -0.25) is 9.59 Å². The monoisotopic (exact) mass is 544 g/mol. The predicted molar refractivity (Wildman–Crippen MR) is 146 cm³/mol. The van der Waals surface area contributed by atoms with Gasteiger partial charge in [0.1, 0.15) is 0 Å². The Morgan fingerprint density at radius 2 is 1.69 bits per heavy atom. The second-order valence-corrected chi connectivity index (χ2v) is 10.8. The minimum atomic E-state index is -0.732. The van der Waals surface area contributed by atoms with Crippen LogP contribution in [0.3, 0.4) is 0 Å². The van der Waals surface area contributed by atoms with Crippen LogP contribution in [0.25, 0.3) is 10.9 Å². The van der Waals surface area contributed by atoms with Gasteiger partial charge in [0.15, 0.2) is 0 Å². The van der Waals surface area contributed by atoms with E-state index in [9.17, 15) is 14.7 Å². The molecule has 1 fully saturated rings. The predicted octanol–water partition coefficient (Wildman–Crippen LogP) is 6.68. The highest BCUT2D eigenvalue weighted by molar-refractivity contribution is 9.10. The van der Waals surface area contributed by atoms with Crippen LogP contribution in [0.1, 0.15) is 64.1 Å². The maximum absolute atomic E-state index is 13.0. The molecule has 184 valence electrons. The number of carboxylic acid groups (broad SMARTS) is 1. The fourth-order valence-corrected chi connectivity index (χ4v) is 5.24. The molecule has 36 heavy (non-hydrogen) atoms. The first-order chi connectivity index (χ1) is 17.2. The summed E-state index contributed by atoms with van der Waals surface area (Å²) >= 11 is 3.45. The third-order valence-corrected chi connectivity index (χ3v) is 8.15. The van der Waals surface area contributed by atoms with Crippen molar-refractivity contribution in [2.75, 3.05) is 0 Å². The molecule has 0 saturated heterocycles. The van der Waals surface area contributed by atoms with Gasteiger partial charge in [0.05, 0.1) is 11.5 Å². The van der Waals surface area contributed by atoms with Crippen molar-refractivity contribution in [2.45, 2.75) is 51.6 Å². The lowest BCUT2D eigenvalue weighted by Gasteiger charge is -2.15. The van der Waals surface area contributed by atoms with E-state index in [1.54, 1.807) is 0 Å². The van der Waals surface area contributed by atoms with Gasteiger partial charge in [0.2, 0.25) is 0 Å². The quantitative estimate of drug-likeness (QED) is 0.272. The Morgan fingerprint density at radius 1 is 1.03 bits per heavy atom. The van der Waals surface area contributed by atoms with E-state index in [1.807, 2.05) is 73.7 Å². The highest BCUT2D eigenvalue weighted by Gasteiger charge is 2.51. The molecule has 1 saturated carbocycles. The number of nitrogens with zero attached hydrogens (tertiary/aromatic N) is 1. The molecule has 4 aromatic rings. The molecule has 1 amide bonds. The van der Waals surface area contributed by atoms with Gasteiger partial charge in [0, 0.05) is 33.2 Å². The number of fused-ring (bicyclic) bond motifs is 1. The summed E-state index contributed by atoms with van der Waals surface area (Å²) in [5.74, 6) is -0.829. The summed E-state index contributed by atoms with van der Waals surface area (Å²) in [5.41, 5.74) is 6.39. The summed E-state index contributed by atoms with van der Waals surface area (Å²) in [7, 11) is 0. The molecule has 0 radical (unpaired) electrons. The second kappa shape index (κ2) is 9.25. The van der Waals surface area contributed by atoms with Crippen molar-refractivity contribution >= 4 is 38.7 Å². The maximum Gasteiger partial charge on any atom is 0.314 e. The second-order valence-electron chi connectivity index (χ2n) is 9.86. The minimum Gasteiger partial charge on any atom is -0.481 e. The van der Waals surface area contributed by atoms with Crippen molar-refractivity contribution in [1.29, 1.82) is 0 Å². The zero-order valence-electron chi connectivity index (χ0n) is 20.6. The number of aromatic nitrogens is 1. The van der Waals surface area contributed by atoms with Crippen molar-refractivity contribution in [3.05, 3.63) is 105 Å². The number of nitrogens with one attached hydrogen (secondary N) is 1. The van der Waals surface area contributed by atoms with Crippen molar-refractivity contribution in [2.24, 2.45) is 0 Å². The Morgan fingerprint density at radius 3 is 2.31 bits per heavy atom. The zero-order chi connectivity index (χ0) is 25.6. The Kier molecular flexibility index (Phi) is 6.25. The van der Waals surface area contributed by atoms with Gasteiger partial charge < -0.3 is 15.0 Å². The molecule has 3 aromatic carbocycles. The van der Waals surface area contributed by atoms with Crippen molar-refractivity contribution in [1.82, 2.24) is 9.88 Å². The highest BCUT2D eigenvalue weighted by atomic mass is 79.9. The average molecular weight is 545 g/mol. The Hall–Kier alpha value is -3.38. The molecule has 1 heterocycles. The number of rotatable bonds is 7. The summed E-state index contributed by atoms with van der Waals surface area (Å²) in [4.78, 5) is 24.7. The summed E-state index contributed by atoms with van der Waals surface area (Å²) in [6, 6.07) is 21.7. The van der Waals surface area contributed by atoms with E-state index >= 15 is 0 Å². The third kappa shape index (κ3) is 4.35. The van der Waals surface area contributed by atoms with Gasteiger partial charge in [-0.25, -0.2) is 0 Å². The van der Waals surface area contributed by atoms with Crippen molar-refractivity contribution in [3.8, 4) is 0 Å². The van der Waals surface area contributed by atoms with Crippen LogP contribution in [0.2, 0.25) is 0 Å². The first-order valence-electron chi connectivity index (χ1n) is 12.2. The van der Waals surface area contributed by atoms with Crippen molar-refractivity contribution in [3.63, 3.8) is 0 Å². The standard InChI is InChI=1S/C30H29BrN2O3/c1-18-20(3)33(17-21-4-9-24(10-5-21)30(14-15-30)29(35)36)27-13-8-23(16-26(18)27)28(34)32-19(2)22-6-11-25(31)12-7-22/h4-13,16,19H,14-15,17H2,1-3H3,(H,32,34)(H,35,36)/t19-/m0/s1.